The molecule has 2 aliphatic heterocycles. The van der Waals surface area contributed by atoms with Gasteiger partial charge in [0.1, 0.15) is 6.17 Å². The minimum absolute atomic E-state index is 0.0352. The number of carbonyl (C=O) groups excluding carboxylic acids is 2. The molecule has 1 atom stereocenters. The van der Waals surface area contributed by atoms with Gasteiger partial charge >= 0.3 is 0 Å². The van der Waals surface area contributed by atoms with Crippen molar-refractivity contribution in [2.45, 2.75) is 49.9 Å². The summed E-state index contributed by atoms with van der Waals surface area (Å²) >= 11 is 12.4. The van der Waals surface area contributed by atoms with Crippen LogP contribution in [0.2, 0.25) is 10.0 Å². The maximum Gasteiger partial charge on any atom is 0.256 e. The highest BCUT2D eigenvalue weighted by Gasteiger charge is 2.28. The average molecular weight is 648 g/mol. The Morgan fingerprint density at radius 3 is 2.63 bits per heavy atom. The fourth-order valence-electron chi connectivity index (χ4n) is 5.60. The second-order valence-electron chi connectivity index (χ2n) is 11.0. The number of aryl methyl sites for hydroxylation is 1. The normalized spacial score (nSPS) is 18.1. The highest BCUT2D eigenvalue weighted by molar-refractivity contribution is 7.90. The molecule has 2 aromatic carbocycles. The first-order valence-corrected chi connectivity index (χ1v) is 16.5. The fourth-order valence-corrected chi connectivity index (χ4v) is 7.72. The number of aromatic nitrogens is 1. The SMILES string of the molecule is Cc1[nH]c(C=C2C(=O)Nc3ccc(S(=O)(=O)Cc4c(Cl)cccc4Cl)cc32)c(C)c1CC(=O)NCCN1CCCC(F)C1. The van der Waals surface area contributed by atoms with E-state index in [1.54, 1.807) is 30.3 Å². The van der Waals surface area contributed by atoms with Crippen molar-refractivity contribution in [2.24, 2.45) is 0 Å². The van der Waals surface area contributed by atoms with Crippen LogP contribution in [0.15, 0.2) is 41.3 Å². The van der Waals surface area contributed by atoms with Gasteiger partial charge in [0, 0.05) is 57.9 Å². The maximum atomic E-state index is 13.6. The number of carbonyl (C=O) groups is 2. The smallest absolute Gasteiger partial charge is 0.256 e. The van der Waals surface area contributed by atoms with E-state index in [0.717, 1.165) is 29.8 Å². The Bertz CT molecular complexity index is 1700. The summed E-state index contributed by atoms with van der Waals surface area (Å²) in [6.07, 6.45) is 2.44. The van der Waals surface area contributed by atoms with Gasteiger partial charge in [-0.05, 0) is 80.8 Å². The molecule has 8 nitrogen and oxygen atoms in total. The summed E-state index contributed by atoms with van der Waals surface area (Å²) in [6.45, 7) is 6.02. The quantitative estimate of drug-likeness (QED) is 0.266. The summed E-state index contributed by atoms with van der Waals surface area (Å²) in [6, 6.07) is 9.30. The van der Waals surface area contributed by atoms with Gasteiger partial charge in [0.25, 0.3) is 5.91 Å². The fraction of sp³-hybridized carbons (Fsp3) is 0.355. The molecule has 5 rings (SSSR count). The molecule has 3 heterocycles. The third kappa shape index (κ3) is 6.98. The number of rotatable bonds is 9. The van der Waals surface area contributed by atoms with E-state index in [4.69, 9.17) is 23.2 Å². The zero-order valence-electron chi connectivity index (χ0n) is 23.9. The molecule has 1 saturated heterocycles. The van der Waals surface area contributed by atoms with Crippen molar-refractivity contribution in [3.63, 3.8) is 0 Å². The van der Waals surface area contributed by atoms with Gasteiger partial charge in [-0.25, -0.2) is 12.8 Å². The number of aromatic amines is 1. The Morgan fingerprint density at radius 1 is 1.16 bits per heavy atom. The first-order valence-electron chi connectivity index (χ1n) is 14.1. The zero-order valence-corrected chi connectivity index (χ0v) is 26.2. The van der Waals surface area contributed by atoms with Crippen molar-refractivity contribution in [2.75, 3.05) is 31.5 Å². The highest BCUT2D eigenvalue weighted by atomic mass is 35.5. The summed E-state index contributed by atoms with van der Waals surface area (Å²) in [5.41, 5.74) is 4.64. The lowest BCUT2D eigenvalue weighted by molar-refractivity contribution is -0.120. The molecule has 3 N–H and O–H groups in total. The van der Waals surface area contributed by atoms with Crippen LogP contribution in [-0.2, 0) is 31.6 Å². The maximum absolute atomic E-state index is 13.6. The highest BCUT2D eigenvalue weighted by Crippen LogP contribution is 2.37. The van der Waals surface area contributed by atoms with Crippen LogP contribution in [0, 0.1) is 13.8 Å². The summed E-state index contributed by atoms with van der Waals surface area (Å²) in [5.74, 6) is -0.895. The number of H-pyrrole nitrogens is 1. The molecule has 12 heteroatoms. The van der Waals surface area contributed by atoms with Crippen LogP contribution in [0.5, 0.6) is 0 Å². The van der Waals surface area contributed by atoms with Crippen molar-refractivity contribution in [3.8, 4) is 0 Å². The van der Waals surface area contributed by atoms with E-state index in [9.17, 15) is 22.4 Å². The molecule has 0 bridgehead atoms. The van der Waals surface area contributed by atoms with E-state index < -0.39 is 16.0 Å². The summed E-state index contributed by atoms with van der Waals surface area (Å²) < 4.78 is 40.3. The van der Waals surface area contributed by atoms with Crippen molar-refractivity contribution in [1.82, 2.24) is 15.2 Å². The molecule has 43 heavy (non-hydrogen) atoms. The number of alkyl halides is 1. The molecular formula is C31H33Cl2FN4O4S. The minimum atomic E-state index is -3.84. The lowest BCUT2D eigenvalue weighted by Crippen LogP contribution is -2.41. The number of sulfone groups is 1. The van der Waals surface area contributed by atoms with Crippen LogP contribution in [0.25, 0.3) is 11.6 Å². The molecule has 0 spiro atoms. The number of anilines is 1. The Morgan fingerprint density at radius 2 is 1.91 bits per heavy atom. The van der Waals surface area contributed by atoms with Gasteiger partial charge in [-0.15, -0.1) is 0 Å². The van der Waals surface area contributed by atoms with Crippen LogP contribution in [0.3, 0.4) is 0 Å². The number of hydrogen-bond acceptors (Lipinski definition) is 5. The summed E-state index contributed by atoms with van der Waals surface area (Å²) in [7, 11) is -3.84. The summed E-state index contributed by atoms with van der Waals surface area (Å²) in [5, 5.41) is 6.23. The van der Waals surface area contributed by atoms with Gasteiger partial charge in [0.2, 0.25) is 5.91 Å². The molecule has 1 aromatic heterocycles. The van der Waals surface area contributed by atoms with E-state index in [-0.39, 0.29) is 38.9 Å². The first kappa shape index (κ1) is 31.3. The molecular weight excluding hydrogens is 614 g/mol. The third-order valence-electron chi connectivity index (χ3n) is 7.98. The summed E-state index contributed by atoms with van der Waals surface area (Å²) in [4.78, 5) is 31.0. The van der Waals surface area contributed by atoms with Crippen LogP contribution < -0.4 is 10.6 Å². The Hall–Kier alpha value is -3.18. The Kier molecular flexibility index (Phi) is 9.31. The van der Waals surface area contributed by atoms with Gasteiger partial charge in [-0.1, -0.05) is 29.3 Å². The number of likely N-dealkylation sites (tertiary alicyclic amines) is 1. The van der Waals surface area contributed by atoms with Crippen molar-refractivity contribution in [1.29, 1.82) is 0 Å². The second-order valence-corrected chi connectivity index (χ2v) is 13.8. The average Bonchev–Trinajstić information content (AvgIpc) is 3.40. The van der Waals surface area contributed by atoms with E-state index in [1.807, 2.05) is 18.7 Å². The monoisotopic (exact) mass is 646 g/mol. The first-order chi connectivity index (χ1) is 20.4. The largest absolute Gasteiger partial charge is 0.359 e. The number of fused-ring (bicyclic) bond motifs is 1. The van der Waals surface area contributed by atoms with E-state index in [2.05, 4.69) is 15.6 Å². The molecule has 2 amide bonds. The standard InChI is InChI=1S/C31H33Cl2FN4O4S/c1-18-22(15-30(39)35-10-12-38-11-4-5-20(34)16-38)19(2)36-29(18)14-24-23-13-21(8-9-28(23)37-31(24)40)43(41,42)17-25-26(32)6-3-7-27(25)33/h3,6-9,13-14,20,36H,4-5,10-12,15-17H2,1-2H3,(H,35,39)(H,37,40). The van der Waals surface area contributed by atoms with Gasteiger partial charge in [-0.3, -0.25) is 14.5 Å². The lowest BCUT2D eigenvalue weighted by atomic mass is 10.0. The van der Waals surface area contributed by atoms with Crippen molar-refractivity contribution < 1.29 is 22.4 Å². The number of nitrogens with zero attached hydrogens (tertiary/aromatic N) is 1. The molecule has 0 radical (unpaired) electrons. The molecule has 3 aromatic rings. The molecule has 228 valence electrons. The predicted octanol–water partition coefficient (Wildman–Crippen LogP) is 5.50. The van der Waals surface area contributed by atoms with Crippen molar-refractivity contribution >= 4 is 62.2 Å². The van der Waals surface area contributed by atoms with Crippen LogP contribution in [-0.4, -0.2) is 62.5 Å². The molecule has 2 aliphatic rings. The van der Waals surface area contributed by atoms with Gasteiger partial charge in [-0.2, -0.15) is 0 Å². The Labute approximate surface area is 260 Å². The molecule has 1 fully saturated rings. The number of nitrogens with one attached hydrogen (secondary N) is 3. The number of benzene rings is 2. The Balaban J connectivity index is 1.33. The zero-order chi connectivity index (χ0) is 30.9. The molecule has 0 aliphatic carbocycles. The third-order valence-corrected chi connectivity index (χ3v) is 10.3. The number of hydrogen-bond donors (Lipinski definition) is 3. The van der Waals surface area contributed by atoms with Crippen LogP contribution in [0.1, 0.15) is 46.5 Å². The van der Waals surface area contributed by atoms with E-state index >= 15 is 0 Å². The molecule has 1 unspecified atom stereocenters. The van der Waals surface area contributed by atoms with E-state index in [0.29, 0.717) is 54.1 Å². The van der Waals surface area contributed by atoms with Crippen molar-refractivity contribution in [3.05, 3.63) is 80.1 Å². The second kappa shape index (κ2) is 12.8. The number of piperidine rings is 1. The molecule has 0 saturated carbocycles. The lowest BCUT2D eigenvalue weighted by Gasteiger charge is -2.28. The van der Waals surface area contributed by atoms with Gasteiger partial charge < -0.3 is 15.6 Å². The van der Waals surface area contributed by atoms with Gasteiger partial charge in [0.05, 0.1) is 22.6 Å². The van der Waals surface area contributed by atoms with Gasteiger partial charge in [0.15, 0.2) is 9.84 Å². The number of amides is 2. The predicted molar refractivity (Wildman–Crippen MR) is 168 cm³/mol. The topological polar surface area (TPSA) is 111 Å². The van der Waals surface area contributed by atoms with Crippen LogP contribution in [0.4, 0.5) is 10.1 Å². The van der Waals surface area contributed by atoms with Crippen LogP contribution >= 0.6 is 23.2 Å². The van der Waals surface area contributed by atoms with E-state index in [1.165, 1.54) is 12.1 Å². The minimum Gasteiger partial charge on any atom is -0.359 e. The number of halogens is 3.